The lowest BCUT2D eigenvalue weighted by atomic mass is 10.0. The Morgan fingerprint density at radius 1 is 0.944 bits per heavy atom. The molecule has 2 amide bonds. The fourth-order valence-electron chi connectivity index (χ4n) is 4.62. The van der Waals surface area contributed by atoms with Crippen molar-refractivity contribution in [3.05, 3.63) is 70.2 Å². The molecule has 2 fully saturated rings. The van der Waals surface area contributed by atoms with Crippen LogP contribution < -0.4 is 0 Å². The smallest absolute Gasteiger partial charge is 0.273 e. The van der Waals surface area contributed by atoms with E-state index in [1.54, 1.807) is 34.0 Å². The van der Waals surface area contributed by atoms with Gasteiger partial charge in [-0.2, -0.15) is 0 Å². The topological polar surface area (TPSA) is 82.8 Å². The van der Waals surface area contributed by atoms with Gasteiger partial charge in [0.1, 0.15) is 11.2 Å². The zero-order chi connectivity index (χ0) is 24.8. The predicted octanol–water partition coefficient (Wildman–Crippen LogP) is 3.51. The van der Waals surface area contributed by atoms with E-state index in [0.29, 0.717) is 54.1 Å². The van der Waals surface area contributed by atoms with Crippen molar-refractivity contribution in [1.29, 1.82) is 0 Å². The third-order valence-electron chi connectivity index (χ3n) is 6.72. The maximum atomic E-state index is 13.6. The van der Waals surface area contributed by atoms with E-state index in [0.717, 1.165) is 25.2 Å². The van der Waals surface area contributed by atoms with Gasteiger partial charge in [0, 0.05) is 61.8 Å². The van der Waals surface area contributed by atoms with Crippen LogP contribution in [0.5, 0.6) is 0 Å². The third kappa shape index (κ3) is 4.14. The van der Waals surface area contributed by atoms with Crippen LogP contribution in [0.1, 0.15) is 20.8 Å². The van der Waals surface area contributed by atoms with Crippen molar-refractivity contribution < 1.29 is 22.8 Å². The SMILES string of the molecule is O=C(c1ccc2nc(-c3ccc(F)c(F)c3)oc2c1)N1CC(N2CCN(C(=O)c3cscn3)CC2)C1. The average molecular weight is 510 g/mol. The second-order valence-corrected chi connectivity index (χ2v) is 9.61. The number of aromatic nitrogens is 2. The molecule has 0 aliphatic carbocycles. The normalized spacial score (nSPS) is 16.9. The van der Waals surface area contributed by atoms with Crippen LogP contribution in [0.25, 0.3) is 22.6 Å². The molecule has 184 valence electrons. The van der Waals surface area contributed by atoms with Crippen molar-refractivity contribution in [3.8, 4) is 11.5 Å². The Kier molecular flexibility index (Phi) is 5.73. The van der Waals surface area contributed by atoms with Crippen molar-refractivity contribution in [2.24, 2.45) is 0 Å². The first kappa shape index (κ1) is 22.7. The molecule has 4 heterocycles. The highest BCUT2D eigenvalue weighted by Gasteiger charge is 2.37. The van der Waals surface area contributed by atoms with E-state index in [-0.39, 0.29) is 23.7 Å². The molecule has 0 unspecified atom stereocenters. The summed E-state index contributed by atoms with van der Waals surface area (Å²) in [4.78, 5) is 39.9. The molecule has 2 aliphatic rings. The number of carbonyl (C=O) groups is 2. The predicted molar refractivity (Wildman–Crippen MR) is 129 cm³/mol. The number of piperazine rings is 1. The monoisotopic (exact) mass is 509 g/mol. The van der Waals surface area contributed by atoms with Crippen molar-refractivity contribution in [2.75, 3.05) is 39.3 Å². The van der Waals surface area contributed by atoms with Crippen molar-refractivity contribution in [3.63, 3.8) is 0 Å². The molecule has 4 aromatic rings. The quantitative estimate of drug-likeness (QED) is 0.419. The Morgan fingerprint density at radius 3 is 2.47 bits per heavy atom. The Morgan fingerprint density at radius 2 is 1.75 bits per heavy atom. The number of fused-ring (bicyclic) bond motifs is 1. The Hall–Kier alpha value is -3.70. The number of likely N-dealkylation sites (tertiary alicyclic amines) is 1. The average Bonchev–Trinajstić information content (AvgIpc) is 3.54. The summed E-state index contributed by atoms with van der Waals surface area (Å²) in [5, 5.41) is 1.77. The first-order valence-electron chi connectivity index (χ1n) is 11.5. The molecule has 11 heteroatoms. The highest BCUT2D eigenvalue weighted by molar-refractivity contribution is 7.07. The Bertz CT molecular complexity index is 1440. The summed E-state index contributed by atoms with van der Waals surface area (Å²) < 4.78 is 32.5. The van der Waals surface area contributed by atoms with Gasteiger partial charge >= 0.3 is 0 Å². The minimum absolute atomic E-state index is 0.0307. The van der Waals surface area contributed by atoms with Crippen LogP contribution in [0.2, 0.25) is 0 Å². The van der Waals surface area contributed by atoms with E-state index in [4.69, 9.17) is 4.42 Å². The Labute approximate surface area is 208 Å². The van der Waals surface area contributed by atoms with Gasteiger partial charge in [-0.25, -0.2) is 18.7 Å². The highest BCUT2D eigenvalue weighted by Crippen LogP contribution is 2.27. The van der Waals surface area contributed by atoms with Crippen LogP contribution in [0.4, 0.5) is 8.78 Å². The van der Waals surface area contributed by atoms with Crippen molar-refractivity contribution >= 4 is 34.3 Å². The molecule has 2 saturated heterocycles. The minimum Gasteiger partial charge on any atom is -0.436 e. The number of carbonyl (C=O) groups excluding carboxylic acids is 2. The molecule has 0 saturated carbocycles. The molecule has 0 N–H and O–H groups in total. The molecule has 2 aliphatic heterocycles. The minimum atomic E-state index is -0.981. The molecular weight excluding hydrogens is 488 g/mol. The number of hydrogen-bond acceptors (Lipinski definition) is 7. The third-order valence-corrected chi connectivity index (χ3v) is 7.31. The molecule has 2 aromatic heterocycles. The van der Waals surface area contributed by atoms with Gasteiger partial charge in [-0.3, -0.25) is 14.5 Å². The van der Waals surface area contributed by atoms with Crippen LogP contribution >= 0.6 is 11.3 Å². The number of amides is 2. The van der Waals surface area contributed by atoms with Crippen LogP contribution in [0, 0.1) is 11.6 Å². The summed E-state index contributed by atoms with van der Waals surface area (Å²) in [5.41, 5.74) is 3.88. The van der Waals surface area contributed by atoms with Crippen LogP contribution in [-0.2, 0) is 0 Å². The first-order chi connectivity index (χ1) is 17.5. The van der Waals surface area contributed by atoms with E-state index in [9.17, 15) is 18.4 Å². The van der Waals surface area contributed by atoms with Gasteiger partial charge in [0.15, 0.2) is 17.2 Å². The molecule has 0 atom stereocenters. The molecule has 2 aromatic carbocycles. The zero-order valence-corrected chi connectivity index (χ0v) is 19.9. The molecule has 0 bridgehead atoms. The number of rotatable bonds is 4. The number of nitrogens with zero attached hydrogens (tertiary/aromatic N) is 5. The number of benzene rings is 2. The lowest BCUT2D eigenvalue weighted by Gasteiger charge is -2.48. The fraction of sp³-hybridized carbons (Fsp3) is 0.280. The number of thiazole rings is 1. The lowest BCUT2D eigenvalue weighted by molar-refractivity contribution is 0.00844. The van der Waals surface area contributed by atoms with Crippen molar-refractivity contribution in [1.82, 2.24) is 24.7 Å². The maximum absolute atomic E-state index is 13.6. The first-order valence-corrected chi connectivity index (χ1v) is 12.5. The molecular formula is C25H21F2N5O3S. The summed E-state index contributed by atoms with van der Waals surface area (Å²) in [5.74, 6) is -1.90. The molecule has 0 radical (unpaired) electrons. The summed E-state index contributed by atoms with van der Waals surface area (Å²) in [6, 6.07) is 8.71. The summed E-state index contributed by atoms with van der Waals surface area (Å²) in [6.07, 6.45) is 0. The largest absolute Gasteiger partial charge is 0.436 e. The molecule has 8 nitrogen and oxygen atoms in total. The van der Waals surface area contributed by atoms with E-state index in [1.165, 1.54) is 17.4 Å². The summed E-state index contributed by atoms with van der Waals surface area (Å²) in [7, 11) is 0. The number of halogens is 2. The summed E-state index contributed by atoms with van der Waals surface area (Å²) >= 11 is 1.41. The van der Waals surface area contributed by atoms with Crippen LogP contribution in [0.15, 0.2) is 51.7 Å². The highest BCUT2D eigenvalue weighted by atomic mass is 32.1. The van der Waals surface area contributed by atoms with Gasteiger partial charge in [0.2, 0.25) is 5.89 Å². The van der Waals surface area contributed by atoms with Gasteiger partial charge in [0.05, 0.1) is 5.51 Å². The van der Waals surface area contributed by atoms with Gasteiger partial charge in [-0.05, 0) is 36.4 Å². The van der Waals surface area contributed by atoms with Crippen molar-refractivity contribution in [2.45, 2.75) is 6.04 Å². The molecule has 6 rings (SSSR count). The van der Waals surface area contributed by atoms with E-state index in [1.807, 2.05) is 4.90 Å². The molecule has 36 heavy (non-hydrogen) atoms. The van der Waals surface area contributed by atoms with E-state index < -0.39 is 11.6 Å². The van der Waals surface area contributed by atoms with Crippen LogP contribution in [-0.4, -0.2) is 81.8 Å². The number of oxazole rings is 1. The van der Waals surface area contributed by atoms with Gasteiger partial charge in [-0.1, -0.05) is 0 Å². The number of hydrogen-bond donors (Lipinski definition) is 0. The Balaban J connectivity index is 1.07. The molecule has 0 spiro atoms. The van der Waals surface area contributed by atoms with E-state index in [2.05, 4.69) is 14.9 Å². The zero-order valence-electron chi connectivity index (χ0n) is 19.1. The van der Waals surface area contributed by atoms with Gasteiger partial charge < -0.3 is 14.2 Å². The second kappa shape index (κ2) is 9.07. The fourth-order valence-corrected chi connectivity index (χ4v) is 5.14. The standard InChI is InChI=1S/C25H21F2N5O3S/c26-18-3-1-15(9-19(18)27)23-29-20-4-2-16(10-22(20)35-23)24(33)32-11-17(12-32)30-5-7-31(8-6-30)25(34)21-13-36-14-28-21/h1-4,9-10,13-14,17H,5-8,11-12H2. The van der Waals surface area contributed by atoms with E-state index >= 15 is 0 Å². The van der Waals surface area contributed by atoms with Gasteiger partial charge in [0.25, 0.3) is 11.8 Å². The van der Waals surface area contributed by atoms with Gasteiger partial charge in [-0.15, -0.1) is 11.3 Å². The maximum Gasteiger partial charge on any atom is 0.273 e. The lowest BCUT2D eigenvalue weighted by Crippen LogP contribution is -2.64. The second-order valence-electron chi connectivity index (χ2n) is 8.90. The van der Waals surface area contributed by atoms with Crippen LogP contribution in [0.3, 0.4) is 0 Å². The summed E-state index contributed by atoms with van der Waals surface area (Å²) in [6.45, 7) is 4.05.